The smallest absolute Gasteiger partial charge is 0.359 e. The Morgan fingerprint density at radius 3 is 2.67 bits per heavy atom. The molecular formula is C24H17FN4O6S. The van der Waals surface area contributed by atoms with Gasteiger partial charge in [-0.1, -0.05) is 6.07 Å². The van der Waals surface area contributed by atoms with E-state index in [9.17, 15) is 28.9 Å². The SMILES string of the molecule is CCOC(=O)c1nn(-c2cccc(F)c2)c(=O)c2c(NC(=O)/C=C/c3ccc([N+](=O)[O-])cc3)scc12. The van der Waals surface area contributed by atoms with E-state index in [-0.39, 0.29) is 39.4 Å². The van der Waals surface area contributed by atoms with Gasteiger partial charge >= 0.3 is 5.97 Å². The zero-order chi connectivity index (χ0) is 25.8. The molecule has 0 aliphatic carbocycles. The van der Waals surface area contributed by atoms with Gasteiger partial charge in [0.25, 0.3) is 11.2 Å². The largest absolute Gasteiger partial charge is 0.461 e. The molecule has 0 spiro atoms. The number of nitro benzene ring substituents is 1. The number of hydrogen-bond acceptors (Lipinski definition) is 8. The number of benzene rings is 2. The lowest BCUT2D eigenvalue weighted by molar-refractivity contribution is -0.384. The molecule has 0 unspecified atom stereocenters. The highest BCUT2D eigenvalue weighted by Crippen LogP contribution is 2.30. The number of hydrogen-bond donors (Lipinski definition) is 1. The van der Waals surface area contributed by atoms with Gasteiger partial charge in [-0.25, -0.2) is 9.18 Å². The summed E-state index contributed by atoms with van der Waals surface area (Å²) in [5.41, 5.74) is -0.265. The maximum atomic E-state index is 13.8. The molecule has 2 aromatic heterocycles. The summed E-state index contributed by atoms with van der Waals surface area (Å²) in [7, 11) is 0. The number of fused-ring (bicyclic) bond motifs is 1. The molecule has 10 nitrogen and oxygen atoms in total. The van der Waals surface area contributed by atoms with E-state index in [0.717, 1.165) is 22.1 Å². The Morgan fingerprint density at radius 2 is 2.00 bits per heavy atom. The average Bonchev–Trinajstić information content (AvgIpc) is 3.27. The van der Waals surface area contributed by atoms with Crippen LogP contribution < -0.4 is 10.9 Å². The van der Waals surface area contributed by atoms with Crippen molar-refractivity contribution in [2.24, 2.45) is 0 Å². The second kappa shape index (κ2) is 10.3. The summed E-state index contributed by atoms with van der Waals surface area (Å²) >= 11 is 1.01. The third kappa shape index (κ3) is 5.03. The van der Waals surface area contributed by atoms with Gasteiger partial charge < -0.3 is 10.1 Å². The van der Waals surface area contributed by atoms with Crippen molar-refractivity contribution in [2.45, 2.75) is 6.92 Å². The molecule has 182 valence electrons. The monoisotopic (exact) mass is 508 g/mol. The number of anilines is 1. The van der Waals surface area contributed by atoms with Crippen molar-refractivity contribution in [3.8, 4) is 5.69 Å². The number of aromatic nitrogens is 2. The minimum Gasteiger partial charge on any atom is -0.461 e. The van der Waals surface area contributed by atoms with Gasteiger partial charge in [0, 0.05) is 29.0 Å². The van der Waals surface area contributed by atoms with Crippen LogP contribution in [0.25, 0.3) is 22.5 Å². The number of non-ortho nitro benzene ring substituents is 1. The first-order valence-corrected chi connectivity index (χ1v) is 11.4. The highest BCUT2D eigenvalue weighted by molar-refractivity contribution is 7.16. The summed E-state index contributed by atoms with van der Waals surface area (Å²) in [4.78, 5) is 48.7. The van der Waals surface area contributed by atoms with E-state index in [1.165, 1.54) is 60.0 Å². The molecule has 12 heteroatoms. The maximum absolute atomic E-state index is 13.8. The molecule has 0 fully saturated rings. The fourth-order valence-electron chi connectivity index (χ4n) is 3.31. The summed E-state index contributed by atoms with van der Waals surface area (Å²) in [5, 5.41) is 19.4. The molecule has 4 aromatic rings. The van der Waals surface area contributed by atoms with Gasteiger partial charge in [0.05, 0.1) is 22.6 Å². The topological polar surface area (TPSA) is 133 Å². The zero-order valence-corrected chi connectivity index (χ0v) is 19.5. The lowest BCUT2D eigenvalue weighted by Crippen LogP contribution is -2.25. The summed E-state index contributed by atoms with van der Waals surface area (Å²) < 4.78 is 19.8. The van der Waals surface area contributed by atoms with Crippen LogP contribution in [0, 0.1) is 15.9 Å². The normalized spacial score (nSPS) is 11.1. The Hall–Kier alpha value is -4.71. The first kappa shape index (κ1) is 24.4. The van der Waals surface area contributed by atoms with Crippen molar-refractivity contribution in [2.75, 3.05) is 11.9 Å². The number of carbonyl (C=O) groups excluding carboxylic acids is 2. The Kier molecular flexibility index (Phi) is 6.97. The van der Waals surface area contributed by atoms with E-state index in [2.05, 4.69) is 10.4 Å². The van der Waals surface area contributed by atoms with Gasteiger partial charge in [-0.05, 0) is 48.9 Å². The van der Waals surface area contributed by atoms with Crippen LogP contribution in [0.15, 0.2) is 64.8 Å². The maximum Gasteiger partial charge on any atom is 0.359 e. The molecule has 1 N–H and O–H groups in total. The van der Waals surface area contributed by atoms with E-state index < -0.39 is 28.2 Å². The summed E-state index contributed by atoms with van der Waals surface area (Å²) in [6, 6.07) is 10.7. The fourth-order valence-corrected chi connectivity index (χ4v) is 4.25. The van der Waals surface area contributed by atoms with Crippen LogP contribution in [-0.4, -0.2) is 33.2 Å². The first-order valence-electron chi connectivity index (χ1n) is 10.5. The van der Waals surface area contributed by atoms with Crippen molar-refractivity contribution >= 4 is 50.8 Å². The second-order valence-corrected chi connectivity index (χ2v) is 8.17. The average molecular weight is 508 g/mol. The number of nitrogens with zero attached hydrogens (tertiary/aromatic N) is 3. The van der Waals surface area contributed by atoms with E-state index >= 15 is 0 Å². The number of halogens is 1. The molecule has 0 saturated carbocycles. The zero-order valence-electron chi connectivity index (χ0n) is 18.6. The van der Waals surface area contributed by atoms with Crippen molar-refractivity contribution in [3.63, 3.8) is 0 Å². The highest BCUT2D eigenvalue weighted by atomic mass is 32.1. The van der Waals surface area contributed by atoms with Gasteiger partial charge in [0.1, 0.15) is 10.8 Å². The van der Waals surface area contributed by atoms with Crippen LogP contribution in [0.5, 0.6) is 0 Å². The fraction of sp³-hybridized carbons (Fsp3) is 0.0833. The second-order valence-electron chi connectivity index (χ2n) is 7.29. The lowest BCUT2D eigenvalue weighted by atomic mass is 10.2. The standard InChI is InChI=1S/C24H17FN4O6S/c1-2-35-24(32)21-18-13-36-22(20(18)23(31)28(27-21)17-5-3-4-15(25)12-17)26-19(30)11-8-14-6-9-16(10-7-14)29(33)34/h3-13H,2H2,1H3,(H,26,30)/b11-8+. The molecule has 0 aliphatic heterocycles. The summed E-state index contributed by atoms with van der Waals surface area (Å²) in [6.07, 6.45) is 2.65. The Labute approximate surface area is 206 Å². The number of esters is 1. The molecule has 0 saturated heterocycles. The minimum atomic E-state index is -0.776. The predicted molar refractivity (Wildman–Crippen MR) is 132 cm³/mol. The first-order chi connectivity index (χ1) is 17.3. The molecule has 0 aliphatic rings. The predicted octanol–water partition coefficient (Wildman–Crippen LogP) is 4.32. The van der Waals surface area contributed by atoms with Crippen LogP contribution in [0.4, 0.5) is 15.1 Å². The quantitative estimate of drug-likeness (QED) is 0.170. The van der Waals surface area contributed by atoms with Crippen molar-refractivity contribution in [3.05, 3.63) is 97.5 Å². The molecule has 2 aromatic carbocycles. The van der Waals surface area contributed by atoms with Crippen LogP contribution in [0.3, 0.4) is 0 Å². The van der Waals surface area contributed by atoms with Crippen molar-refractivity contribution < 1.29 is 23.6 Å². The Bertz CT molecular complexity index is 1580. The molecule has 36 heavy (non-hydrogen) atoms. The minimum absolute atomic E-state index is 0.0133. The van der Waals surface area contributed by atoms with Gasteiger partial charge in [-0.2, -0.15) is 9.78 Å². The number of thiophene rings is 1. The van der Waals surface area contributed by atoms with Crippen LogP contribution in [0.1, 0.15) is 23.0 Å². The van der Waals surface area contributed by atoms with Crippen LogP contribution in [-0.2, 0) is 9.53 Å². The number of carbonyl (C=O) groups is 2. The lowest BCUT2D eigenvalue weighted by Gasteiger charge is -2.09. The molecular weight excluding hydrogens is 491 g/mol. The molecule has 2 heterocycles. The molecule has 0 radical (unpaired) electrons. The van der Waals surface area contributed by atoms with Gasteiger partial charge in [-0.3, -0.25) is 19.7 Å². The number of nitro groups is 1. The number of amides is 1. The molecule has 0 bridgehead atoms. The van der Waals surface area contributed by atoms with Gasteiger partial charge in [0.2, 0.25) is 5.91 Å². The highest BCUT2D eigenvalue weighted by Gasteiger charge is 2.23. The number of ether oxygens (including phenoxy) is 1. The molecule has 0 atom stereocenters. The van der Waals surface area contributed by atoms with E-state index in [4.69, 9.17) is 4.74 Å². The summed E-state index contributed by atoms with van der Waals surface area (Å²) in [6.45, 7) is 1.69. The van der Waals surface area contributed by atoms with Gasteiger partial charge in [0.15, 0.2) is 5.69 Å². The third-order valence-corrected chi connectivity index (χ3v) is 5.84. The third-order valence-electron chi connectivity index (χ3n) is 4.94. The number of rotatable bonds is 7. The van der Waals surface area contributed by atoms with E-state index in [1.54, 1.807) is 6.92 Å². The number of nitrogens with one attached hydrogen (secondary N) is 1. The molecule has 4 rings (SSSR count). The van der Waals surface area contributed by atoms with Crippen molar-refractivity contribution in [1.82, 2.24) is 9.78 Å². The Morgan fingerprint density at radius 1 is 1.25 bits per heavy atom. The molecule has 1 amide bonds. The van der Waals surface area contributed by atoms with E-state index in [1.807, 2.05) is 0 Å². The van der Waals surface area contributed by atoms with Crippen LogP contribution in [0.2, 0.25) is 0 Å². The Balaban J connectivity index is 1.72. The van der Waals surface area contributed by atoms with E-state index in [0.29, 0.717) is 5.56 Å². The van der Waals surface area contributed by atoms with Crippen molar-refractivity contribution in [1.29, 1.82) is 0 Å². The summed E-state index contributed by atoms with van der Waals surface area (Å²) in [5.74, 6) is -1.96. The van der Waals surface area contributed by atoms with Gasteiger partial charge in [-0.15, -0.1) is 11.3 Å². The van der Waals surface area contributed by atoms with Crippen LogP contribution >= 0.6 is 11.3 Å².